The quantitative estimate of drug-likeness (QED) is 0.904. The van der Waals surface area contributed by atoms with E-state index >= 15 is 0 Å². The van der Waals surface area contributed by atoms with E-state index in [-0.39, 0.29) is 31.1 Å². The maximum Gasteiger partial charge on any atom is 0.392 e. The highest BCUT2D eigenvalue weighted by molar-refractivity contribution is 5.90. The number of carbonyl (C=O) groups excluding carboxylic acids is 1. The number of anilines is 1. The number of hydrogen-bond donors (Lipinski definition) is 1. The van der Waals surface area contributed by atoms with E-state index in [1.807, 2.05) is 0 Å². The molecule has 1 saturated heterocycles. The van der Waals surface area contributed by atoms with Gasteiger partial charge in [0.15, 0.2) is 0 Å². The second-order valence-electron chi connectivity index (χ2n) is 6.17. The van der Waals surface area contributed by atoms with E-state index in [1.165, 1.54) is 38.4 Å². The highest BCUT2D eigenvalue weighted by atomic mass is 19.4. The Morgan fingerprint density at radius 3 is 2.74 bits per heavy atom. The summed E-state index contributed by atoms with van der Waals surface area (Å²) in [5, 5.41) is 2.58. The average molecular weight is 332 g/mol. The zero-order valence-electron chi connectivity index (χ0n) is 13.1. The van der Waals surface area contributed by atoms with Crippen molar-refractivity contribution in [1.29, 1.82) is 0 Å². The van der Waals surface area contributed by atoms with Crippen molar-refractivity contribution in [3.05, 3.63) is 12.5 Å². The molecule has 1 fully saturated rings. The summed E-state index contributed by atoms with van der Waals surface area (Å²) in [6.07, 6.45) is -1.74. The van der Waals surface area contributed by atoms with Gasteiger partial charge < -0.3 is 15.0 Å². The molecule has 1 N–H and O–H groups in total. The van der Waals surface area contributed by atoms with Gasteiger partial charge >= 0.3 is 12.2 Å². The number of piperidine rings is 1. The molecule has 0 aromatic carbocycles. The summed E-state index contributed by atoms with van der Waals surface area (Å²) in [5.74, 6) is -1.23. The van der Waals surface area contributed by atoms with Crippen LogP contribution in [0, 0.1) is 11.3 Å². The van der Waals surface area contributed by atoms with E-state index in [9.17, 15) is 18.0 Å². The van der Waals surface area contributed by atoms with Crippen molar-refractivity contribution in [2.24, 2.45) is 11.3 Å². The predicted octanol–water partition coefficient (Wildman–Crippen LogP) is 2.93. The highest BCUT2D eigenvalue weighted by Crippen LogP contribution is 2.45. The third kappa shape index (κ3) is 3.83. The lowest BCUT2D eigenvalue weighted by Gasteiger charge is -2.44. The minimum absolute atomic E-state index is 0.0129. The smallest absolute Gasteiger partial charge is 0.392 e. The van der Waals surface area contributed by atoms with Crippen LogP contribution < -0.4 is 10.1 Å². The monoisotopic (exact) mass is 332 g/mol. The Hall–Kier alpha value is -2.06. The average Bonchev–Trinajstić information content (AvgIpc) is 2.45. The molecule has 6 nitrogen and oxygen atoms in total. The maximum atomic E-state index is 13.1. The Morgan fingerprint density at radius 1 is 1.48 bits per heavy atom. The summed E-state index contributed by atoms with van der Waals surface area (Å²) in [4.78, 5) is 21.3. The predicted molar refractivity (Wildman–Crippen MR) is 77.1 cm³/mol. The van der Waals surface area contributed by atoms with Gasteiger partial charge in [-0.15, -0.1) is 0 Å². The largest absolute Gasteiger partial charge is 0.479 e. The molecule has 2 rings (SSSR count). The number of methoxy groups -OCH3 is 1. The number of likely N-dealkylation sites (tertiary alicyclic amines) is 1. The van der Waals surface area contributed by atoms with Crippen molar-refractivity contribution < 1.29 is 22.7 Å². The first kappa shape index (κ1) is 17.3. The van der Waals surface area contributed by atoms with Gasteiger partial charge in [0, 0.05) is 13.1 Å². The summed E-state index contributed by atoms with van der Waals surface area (Å²) in [6, 6.07) is -0.494. The fourth-order valence-electron chi connectivity index (χ4n) is 2.90. The summed E-state index contributed by atoms with van der Waals surface area (Å²) in [6.45, 7) is 3.10. The Kier molecular flexibility index (Phi) is 4.67. The van der Waals surface area contributed by atoms with Crippen LogP contribution in [0.25, 0.3) is 0 Å². The van der Waals surface area contributed by atoms with Gasteiger partial charge in [0.1, 0.15) is 12.0 Å². The maximum absolute atomic E-state index is 13.1. The van der Waals surface area contributed by atoms with Crippen molar-refractivity contribution in [3.63, 3.8) is 0 Å². The lowest BCUT2D eigenvalue weighted by atomic mass is 9.73. The molecular formula is C14H19F3N4O2. The van der Waals surface area contributed by atoms with Crippen LogP contribution in [0.2, 0.25) is 0 Å². The zero-order chi connectivity index (χ0) is 17.3. The third-order valence-corrected chi connectivity index (χ3v) is 4.02. The van der Waals surface area contributed by atoms with Crippen LogP contribution in [0.5, 0.6) is 5.88 Å². The molecule has 1 aliphatic heterocycles. The molecule has 0 spiro atoms. The van der Waals surface area contributed by atoms with Crippen molar-refractivity contribution in [2.75, 3.05) is 25.5 Å². The van der Waals surface area contributed by atoms with E-state index in [4.69, 9.17) is 4.74 Å². The number of rotatable bonds is 2. The fraction of sp³-hybridized carbons (Fsp3) is 0.643. The van der Waals surface area contributed by atoms with Crippen molar-refractivity contribution >= 4 is 11.7 Å². The topological polar surface area (TPSA) is 67.4 Å². The van der Waals surface area contributed by atoms with Crippen molar-refractivity contribution in [3.8, 4) is 5.88 Å². The molecule has 0 unspecified atom stereocenters. The molecule has 1 atom stereocenters. The number of alkyl halides is 3. The van der Waals surface area contributed by atoms with Gasteiger partial charge in [-0.2, -0.15) is 18.2 Å². The van der Waals surface area contributed by atoms with Gasteiger partial charge in [0.05, 0.1) is 19.2 Å². The lowest BCUT2D eigenvalue weighted by Crippen LogP contribution is -2.53. The zero-order valence-corrected chi connectivity index (χ0v) is 13.1. The van der Waals surface area contributed by atoms with Gasteiger partial charge in [0.25, 0.3) is 0 Å². The molecule has 2 heterocycles. The van der Waals surface area contributed by atoms with Crippen LogP contribution in [-0.2, 0) is 0 Å². The molecule has 0 saturated carbocycles. The van der Waals surface area contributed by atoms with Gasteiger partial charge in [-0.25, -0.2) is 9.78 Å². The number of aromatic nitrogens is 2. The summed E-state index contributed by atoms with van der Waals surface area (Å²) in [5.41, 5.74) is -0.777. The molecular weight excluding hydrogens is 313 g/mol. The Morgan fingerprint density at radius 2 is 2.17 bits per heavy atom. The van der Waals surface area contributed by atoms with Gasteiger partial charge in [0.2, 0.25) is 5.88 Å². The van der Waals surface area contributed by atoms with Crippen LogP contribution in [0.1, 0.15) is 20.3 Å². The Balaban J connectivity index is 2.08. The highest BCUT2D eigenvalue weighted by Gasteiger charge is 2.51. The molecule has 1 aromatic rings. The standard InChI is InChI=1S/C14H19F3N4O2/c1-13(2)7-21(5-4-10(13)14(15,16)17)12(22)20-9-6-18-8-19-11(9)23-3/h6,8,10H,4-5,7H2,1-3H3,(H,20,22)/t10-/m1/s1. The second-order valence-corrected chi connectivity index (χ2v) is 6.17. The number of urea groups is 1. The Bertz CT molecular complexity index is 577. The number of nitrogens with one attached hydrogen (secondary N) is 1. The molecule has 1 aliphatic rings. The number of amides is 2. The normalized spacial score (nSPS) is 21.0. The summed E-state index contributed by atoms with van der Waals surface area (Å²) >= 11 is 0. The van der Waals surface area contributed by atoms with E-state index in [0.717, 1.165) is 0 Å². The van der Waals surface area contributed by atoms with Crippen LogP contribution >= 0.6 is 0 Å². The fourth-order valence-corrected chi connectivity index (χ4v) is 2.90. The van der Waals surface area contributed by atoms with Crippen LogP contribution in [0.15, 0.2) is 12.5 Å². The molecule has 1 aromatic heterocycles. The number of ether oxygens (including phenoxy) is 1. The van der Waals surface area contributed by atoms with E-state index in [2.05, 4.69) is 15.3 Å². The Labute approximate surface area is 132 Å². The number of halogens is 3. The first-order valence-corrected chi connectivity index (χ1v) is 7.12. The van der Waals surface area contributed by atoms with Crippen molar-refractivity contribution in [2.45, 2.75) is 26.4 Å². The van der Waals surface area contributed by atoms with E-state index in [0.29, 0.717) is 0 Å². The number of nitrogens with zero attached hydrogens (tertiary/aromatic N) is 3. The van der Waals surface area contributed by atoms with Gasteiger partial charge in [-0.1, -0.05) is 13.8 Å². The molecule has 0 radical (unpaired) electrons. The molecule has 0 aliphatic carbocycles. The molecule has 9 heteroatoms. The lowest BCUT2D eigenvalue weighted by molar-refractivity contribution is -0.214. The van der Waals surface area contributed by atoms with Gasteiger partial charge in [-0.3, -0.25) is 0 Å². The van der Waals surface area contributed by atoms with E-state index < -0.39 is 23.5 Å². The number of carbonyl (C=O) groups is 1. The van der Waals surface area contributed by atoms with Crippen LogP contribution in [0.4, 0.5) is 23.7 Å². The first-order chi connectivity index (χ1) is 10.6. The van der Waals surface area contributed by atoms with E-state index in [1.54, 1.807) is 0 Å². The SMILES string of the molecule is COc1ncncc1NC(=O)N1CC[C@@H](C(F)(F)F)C(C)(C)C1. The van der Waals surface area contributed by atoms with Crippen LogP contribution in [-0.4, -0.2) is 47.3 Å². The van der Waals surface area contributed by atoms with Gasteiger partial charge in [-0.05, 0) is 11.8 Å². The molecule has 2 amide bonds. The third-order valence-electron chi connectivity index (χ3n) is 4.02. The molecule has 0 bridgehead atoms. The second kappa shape index (κ2) is 6.21. The van der Waals surface area contributed by atoms with Crippen LogP contribution in [0.3, 0.4) is 0 Å². The summed E-state index contributed by atoms with van der Waals surface area (Å²) in [7, 11) is 1.40. The molecule has 23 heavy (non-hydrogen) atoms. The minimum atomic E-state index is -4.26. The number of hydrogen-bond acceptors (Lipinski definition) is 4. The molecule has 128 valence electrons. The first-order valence-electron chi connectivity index (χ1n) is 7.12. The minimum Gasteiger partial charge on any atom is -0.479 e. The summed E-state index contributed by atoms with van der Waals surface area (Å²) < 4.78 is 44.2. The van der Waals surface area contributed by atoms with Crippen molar-refractivity contribution in [1.82, 2.24) is 14.9 Å².